The van der Waals surface area contributed by atoms with E-state index >= 15 is 0 Å². The van der Waals surface area contributed by atoms with E-state index in [4.69, 9.17) is 15.8 Å². The van der Waals surface area contributed by atoms with Crippen LogP contribution in [0.15, 0.2) is 35.0 Å². The molecule has 1 aliphatic rings. The summed E-state index contributed by atoms with van der Waals surface area (Å²) in [5.74, 6) is 1.72. The van der Waals surface area contributed by atoms with Crippen molar-refractivity contribution in [2.45, 2.75) is 92.5 Å². The molecule has 0 aliphatic heterocycles. The predicted octanol–water partition coefficient (Wildman–Crippen LogP) is 6.46. The molecule has 0 bridgehead atoms. The minimum atomic E-state index is -0.0913. The Labute approximate surface area is 172 Å². The SMILES string of the molecule is C\C=C/C(=N/C(=C/CC)C1CCC(c2cc(N)n(C(C)(C)C)n2)C1)C(C)(C)C. The first kappa shape index (κ1) is 22.4. The van der Waals surface area contributed by atoms with Crippen LogP contribution in [0.5, 0.6) is 0 Å². The summed E-state index contributed by atoms with van der Waals surface area (Å²) in [7, 11) is 0. The molecule has 1 aliphatic carbocycles. The summed E-state index contributed by atoms with van der Waals surface area (Å²) in [6.45, 7) is 17.4. The third kappa shape index (κ3) is 5.36. The van der Waals surface area contributed by atoms with E-state index in [0.29, 0.717) is 11.8 Å². The molecule has 2 N–H and O–H groups in total. The predicted molar refractivity (Wildman–Crippen MR) is 122 cm³/mol. The van der Waals surface area contributed by atoms with Crippen molar-refractivity contribution in [1.29, 1.82) is 0 Å². The fraction of sp³-hybridized carbons (Fsp3) is 0.667. The first-order chi connectivity index (χ1) is 13.0. The molecule has 2 unspecified atom stereocenters. The molecular weight excluding hydrogens is 344 g/mol. The number of aliphatic imine (C=N–C) groups is 1. The number of anilines is 1. The fourth-order valence-corrected chi connectivity index (χ4v) is 3.93. The molecule has 4 nitrogen and oxygen atoms in total. The Morgan fingerprint density at radius 1 is 1.25 bits per heavy atom. The number of allylic oxidation sites excluding steroid dienone is 4. The van der Waals surface area contributed by atoms with E-state index in [1.165, 1.54) is 5.70 Å². The molecule has 0 saturated heterocycles. The zero-order valence-corrected chi connectivity index (χ0v) is 19.2. The largest absolute Gasteiger partial charge is 0.384 e. The lowest BCUT2D eigenvalue weighted by Crippen LogP contribution is -2.24. The molecule has 4 heteroatoms. The molecule has 28 heavy (non-hydrogen) atoms. The number of aromatic nitrogens is 2. The van der Waals surface area contributed by atoms with E-state index in [1.54, 1.807) is 0 Å². The van der Waals surface area contributed by atoms with Gasteiger partial charge in [0.1, 0.15) is 5.82 Å². The van der Waals surface area contributed by atoms with Gasteiger partial charge in [0.25, 0.3) is 0 Å². The minimum absolute atomic E-state index is 0.0390. The van der Waals surface area contributed by atoms with Crippen LogP contribution in [0.4, 0.5) is 5.82 Å². The highest BCUT2D eigenvalue weighted by Gasteiger charge is 2.32. The van der Waals surface area contributed by atoms with Crippen molar-refractivity contribution in [3.8, 4) is 0 Å². The maximum Gasteiger partial charge on any atom is 0.122 e. The Hall–Kier alpha value is -1.84. The molecule has 1 aromatic rings. The van der Waals surface area contributed by atoms with Gasteiger partial charge < -0.3 is 5.73 Å². The molecule has 2 atom stereocenters. The van der Waals surface area contributed by atoms with Gasteiger partial charge in [-0.15, -0.1) is 0 Å². The minimum Gasteiger partial charge on any atom is -0.384 e. The first-order valence-electron chi connectivity index (χ1n) is 10.7. The number of hydrogen-bond acceptors (Lipinski definition) is 3. The summed E-state index contributed by atoms with van der Waals surface area (Å²) in [4.78, 5) is 5.14. The highest BCUT2D eigenvalue weighted by Crippen LogP contribution is 2.42. The lowest BCUT2D eigenvalue weighted by atomic mass is 9.89. The van der Waals surface area contributed by atoms with Crippen LogP contribution in [0.1, 0.15) is 92.7 Å². The number of rotatable bonds is 5. The third-order valence-electron chi connectivity index (χ3n) is 5.42. The fourth-order valence-electron chi connectivity index (χ4n) is 3.93. The van der Waals surface area contributed by atoms with E-state index in [-0.39, 0.29) is 11.0 Å². The molecule has 1 fully saturated rings. The maximum atomic E-state index is 6.24. The Morgan fingerprint density at radius 3 is 2.43 bits per heavy atom. The number of nitrogens with two attached hydrogens (primary N) is 1. The van der Waals surface area contributed by atoms with Crippen LogP contribution < -0.4 is 5.73 Å². The van der Waals surface area contributed by atoms with Crippen molar-refractivity contribution in [2.24, 2.45) is 16.3 Å². The molecule has 1 saturated carbocycles. The van der Waals surface area contributed by atoms with Crippen molar-refractivity contribution in [2.75, 3.05) is 5.73 Å². The zero-order chi connectivity index (χ0) is 21.1. The monoisotopic (exact) mass is 384 g/mol. The van der Waals surface area contributed by atoms with Crippen molar-refractivity contribution < 1.29 is 0 Å². The summed E-state index contributed by atoms with van der Waals surface area (Å²) in [5.41, 5.74) is 9.73. The quantitative estimate of drug-likeness (QED) is 0.592. The molecular formula is C24H40N4. The number of nitrogen functional groups attached to an aromatic ring is 1. The average Bonchev–Trinajstić information content (AvgIpc) is 3.19. The Morgan fingerprint density at radius 2 is 1.93 bits per heavy atom. The molecule has 2 rings (SSSR count). The van der Waals surface area contributed by atoms with Crippen molar-refractivity contribution in [3.63, 3.8) is 0 Å². The van der Waals surface area contributed by atoms with Crippen LogP contribution in [-0.4, -0.2) is 15.5 Å². The lowest BCUT2D eigenvalue weighted by molar-refractivity contribution is 0.357. The van der Waals surface area contributed by atoms with E-state index < -0.39 is 0 Å². The summed E-state index contributed by atoms with van der Waals surface area (Å²) < 4.78 is 1.96. The van der Waals surface area contributed by atoms with E-state index in [2.05, 4.69) is 79.7 Å². The van der Waals surface area contributed by atoms with Gasteiger partial charge in [0.05, 0.1) is 11.2 Å². The second-order valence-corrected chi connectivity index (χ2v) is 10.1. The van der Waals surface area contributed by atoms with Crippen LogP contribution in [0.3, 0.4) is 0 Å². The van der Waals surface area contributed by atoms with Crippen LogP contribution in [0, 0.1) is 11.3 Å². The summed E-state index contributed by atoms with van der Waals surface area (Å²) in [5, 5.41) is 4.86. The zero-order valence-electron chi connectivity index (χ0n) is 19.2. The highest BCUT2D eigenvalue weighted by atomic mass is 15.3. The Balaban J connectivity index is 2.26. The topological polar surface area (TPSA) is 56.2 Å². The number of hydrogen-bond donors (Lipinski definition) is 1. The van der Waals surface area contributed by atoms with Crippen LogP contribution >= 0.6 is 0 Å². The van der Waals surface area contributed by atoms with E-state index in [1.807, 2.05) is 4.68 Å². The van der Waals surface area contributed by atoms with Gasteiger partial charge in [-0.25, -0.2) is 4.68 Å². The van der Waals surface area contributed by atoms with Crippen molar-refractivity contribution >= 4 is 11.5 Å². The lowest BCUT2D eigenvalue weighted by Gasteiger charge is -2.21. The van der Waals surface area contributed by atoms with Gasteiger partial charge >= 0.3 is 0 Å². The first-order valence-corrected chi connectivity index (χ1v) is 10.7. The molecule has 1 aromatic heterocycles. The smallest absolute Gasteiger partial charge is 0.122 e. The summed E-state index contributed by atoms with van der Waals surface area (Å²) >= 11 is 0. The van der Waals surface area contributed by atoms with Crippen molar-refractivity contribution in [3.05, 3.63) is 35.7 Å². The highest BCUT2D eigenvalue weighted by molar-refractivity contribution is 5.99. The molecule has 1 heterocycles. The summed E-state index contributed by atoms with van der Waals surface area (Å²) in [6, 6.07) is 2.07. The molecule has 0 spiro atoms. The van der Waals surface area contributed by atoms with Gasteiger partial charge in [0.2, 0.25) is 0 Å². The normalized spacial score (nSPS) is 22.4. The molecule has 0 amide bonds. The van der Waals surface area contributed by atoms with E-state index in [9.17, 15) is 0 Å². The average molecular weight is 385 g/mol. The van der Waals surface area contributed by atoms with Gasteiger partial charge in [-0.2, -0.15) is 5.10 Å². The Bertz CT molecular complexity index is 751. The van der Waals surface area contributed by atoms with E-state index in [0.717, 1.165) is 42.9 Å². The van der Waals surface area contributed by atoms with Gasteiger partial charge in [-0.3, -0.25) is 4.99 Å². The van der Waals surface area contributed by atoms with Crippen molar-refractivity contribution in [1.82, 2.24) is 9.78 Å². The second kappa shape index (κ2) is 8.67. The van der Waals surface area contributed by atoms with Crippen LogP contribution in [0.25, 0.3) is 0 Å². The van der Waals surface area contributed by atoms with Gasteiger partial charge in [0.15, 0.2) is 0 Å². The van der Waals surface area contributed by atoms with Gasteiger partial charge in [-0.05, 0) is 59.5 Å². The summed E-state index contributed by atoms with van der Waals surface area (Å²) in [6.07, 6.45) is 11.0. The standard InChI is InChI=1S/C24H40N4/c1-9-11-19(26-21(12-10-2)23(3,4)5)17-13-14-18(15-17)20-16-22(25)28(27-20)24(6,7)8/h10-12,16-18H,9,13-15,25H2,1-8H3/b12-10-,19-11+,26-21-. The Kier molecular flexibility index (Phi) is 6.95. The number of nitrogens with zero attached hydrogens (tertiary/aromatic N) is 3. The second-order valence-electron chi connectivity index (χ2n) is 10.1. The maximum absolute atomic E-state index is 6.24. The molecule has 156 valence electrons. The van der Waals surface area contributed by atoms with Gasteiger partial charge in [-0.1, -0.05) is 39.8 Å². The van der Waals surface area contributed by atoms with Gasteiger partial charge in [0, 0.05) is 34.7 Å². The van der Waals surface area contributed by atoms with Crippen LogP contribution in [-0.2, 0) is 5.54 Å². The van der Waals surface area contributed by atoms with Crippen LogP contribution in [0.2, 0.25) is 0 Å². The molecule has 0 aromatic carbocycles. The third-order valence-corrected chi connectivity index (χ3v) is 5.42. The molecule has 0 radical (unpaired) electrons.